The van der Waals surface area contributed by atoms with Crippen molar-refractivity contribution in [3.05, 3.63) is 0 Å². The average molecular weight is 576 g/mol. The van der Waals surface area contributed by atoms with Crippen LogP contribution in [0, 0.1) is 52.3 Å². The second-order valence-electron chi connectivity index (χ2n) is 15.1. The van der Waals surface area contributed by atoms with Gasteiger partial charge in [-0.05, 0) is 156 Å². The van der Waals surface area contributed by atoms with Gasteiger partial charge in [-0.2, -0.15) is 0 Å². The van der Waals surface area contributed by atoms with Gasteiger partial charge >= 0.3 is 5.97 Å². The lowest BCUT2D eigenvalue weighted by atomic mass is 9.43. The molecule has 0 bridgehead atoms. The van der Waals surface area contributed by atoms with Crippen LogP contribution in [-0.4, -0.2) is 60.3 Å². The standard InChI is InChI=1S/C34H61N3O4/c1-22(8-11-29(38)23(2)32(40)41)26-9-10-27-31-28(13-15-34(26,27)4)33(3)14-12-25(20-24(33)21-30(31)39)37-19-7-18-36-17-6-5-16-35/h22-28,30-31,36-37,39H,5-21,35H2,1-4H3,(H,40,41)/t22-,23?,24-,25+,26-,27?,28?,30-,31?,33+,34-/m1/s1. The van der Waals surface area contributed by atoms with Gasteiger partial charge in [-0.3, -0.25) is 9.59 Å². The number of hydrogen-bond acceptors (Lipinski definition) is 6. The Kier molecular flexibility index (Phi) is 11.4. The number of fused-ring (bicyclic) bond motifs is 5. The summed E-state index contributed by atoms with van der Waals surface area (Å²) in [6.07, 6.45) is 13.8. The van der Waals surface area contributed by atoms with Gasteiger partial charge < -0.3 is 26.6 Å². The van der Waals surface area contributed by atoms with Crippen LogP contribution in [0.15, 0.2) is 0 Å². The van der Waals surface area contributed by atoms with E-state index in [-0.39, 0.29) is 17.3 Å². The number of ketones is 1. The Bertz CT molecular complexity index is 884. The summed E-state index contributed by atoms with van der Waals surface area (Å²) in [5, 5.41) is 28.3. The van der Waals surface area contributed by atoms with Crippen molar-refractivity contribution in [1.82, 2.24) is 10.6 Å². The molecule has 0 amide bonds. The van der Waals surface area contributed by atoms with Crippen LogP contribution in [0.5, 0.6) is 0 Å². The largest absolute Gasteiger partial charge is 0.481 e. The van der Waals surface area contributed by atoms with Crippen molar-refractivity contribution in [1.29, 1.82) is 0 Å². The molecular formula is C34H61N3O4. The molecule has 4 unspecified atom stereocenters. The molecule has 4 rings (SSSR count). The third kappa shape index (κ3) is 7.05. The fourth-order valence-corrected chi connectivity index (χ4v) is 10.3. The number of aliphatic hydroxyl groups excluding tert-OH is 1. The van der Waals surface area contributed by atoms with Gasteiger partial charge in [-0.15, -0.1) is 0 Å². The summed E-state index contributed by atoms with van der Waals surface area (Å²) in [4.78, 5) is 23.6. The lowest BCUT2D eigenvalue weighted by Crippen LogP contribution is -2.59. The number of carboxylic acid groups (broad SMARTS) is 1. The molecule has 7 nitrogen and oxygen atoms in total. The SMILES string of the molecule is CC(C(=O)O)C(=O)CC[C@@H](C)[C@H]1CCC2C3C(CC[C@@]21C)[C@@]1(C)CC[C@H](NCCCNCCCCN)C[C@@H]1C[C@H]3O. The number of nitrogens with one attached hydrogen (secondary N) is 2. The molecule has 4 saturated carbocycles. The Balaban J connectivity index is 1.31. The minimum absolute atomic E-state index is 0.144. The van der Waals surface area contributed by atoms with Gasteiger partial charge in [-0.1, -0.05) is 20.8 Å². The van der Waals surface area contributed by atoms with E-state index in [9.17, 15) is 19.8 Å². The highest BCUT2D eigenvalue weighted by molar-refractivity contribution is 5.97. The molecule has 0 aromatic heterocycles. The van der Waals surface area contributed by atoms with Crippen molar-refractivity contribution in [2.24, 2.45) is 58.0 Å². The number of rotatable bonds is 15. The molecule has 4 fully saturated rings. The van der Waals surface area contributed by atoms with Gasteiger partial charge in [0.2, 0.25) is 0 Å². The molecule has 0 saturated heterocycles. The number of nitrogens with two attached hydrogens (primary N) is 1. The van der Waals surface area contributed by atoms with Crippen LogP contribution in [-0.2, 0) is 9.59 Å². The van der Waals surface area contributed by atoms with Crippen LogP contribution >= 0.6 is 0 Å². The van der Waals surface area contributed by atoms with Crippen molar-refractivity contribution in [2.75, 3.05) is 26.2 Å². The molecule has 0 aliphatic heterocycles. The Labute approximate surface area is 249 Å². The van der Waals surface area contributed by atoms with Crippen molar-refractivity contribution >= 4 is 11.8 Å². The van der Waals surface area contributed by atoms with Crippen molar-refractivity contribution in [3.8, 4) is 0 Å². The number of aliphatic hydroxyl groups is 1. The zero-order valence-electron chi connectivity index (χ0n) is 26.5. The highest BCUT2D eigenvalue weighted by Crippen LogP contribution is 2.68. The van der Waals surface area contributed by atoms with Crippen molar-refractivity contribution < 1.29 is 19.8 Å². The quantitative estimate of drug-likeness (QED) is 0.137. The number of carbonyl (C=O) groups is 2. The molecule has 0 spiro atoms. The minimum Gasteiger partial charge on any atom is -0.481 e. The first-order valence-corrected chi connectivity index (χ1v) is 17.1. The zero-order chi connectivity index (χ0) is 29.8. The van der Waals surface area contributed by atoms with Crippen LogP contribution in [0.2, 0.25) is 0 Å². The molecular weight excluding hydrogens is 514 g/mol. The van der Waals surface area contributed by atoms with Gasteiger partial charge in [0.15, 0.2) is 0 Å². The fourth-order valence-electron chi connectivity index (χ4n) is 10.3. The van der Waals surface area contributed by atoms with E-state index in [1.54, 1.807) is 0 Å². The lowest BCUT2D eigenvalue weighted by molar-refractivity contribution is -0.167. The van der Waals surface area contributed by atoms with Gasteiger partial charge in [0.05, 0.1) is 6.10 Å². The first-order valence-electron chi connectivity index (χ1n) is 17.1. The maximum absolute atomic E-state index is 12.4. The Hall–Kier alpha value is -1.02. The summed E-state index contributed by atoms with van der Waals surface area (Å²) in [6, 6.07) is 0.575. The maximum Gasteiger partial charge on any atom is 0.313 e. The third-order valence-corrected chi connectivity index (χ3v) is 12.9. The molecule has 7 heteroatoms. The predicted molar refractivity (Wildman–Crippen MR) is 164 cm³/mol. The molecule has 4 aliphatic rings. The van der Waals surface area contributed by atoms with Crippen LogP contribution in [0.3, 0.4) is 0 Å². The summed E-state index contributed by atoms with van der Waals surface area (Å²) in [5.41, 5.74) is 6.12. The number of carbonyl (C=O) groups excluding carboxylic acids is 1. The summed E-state index contributed by atoms with van der Waals surface area (Å²) >= 11 is 0. The van der Waals surface area contributed by atoms with Crippen LogP contribution in [0.4, 0.5) is 0 Å². The molecule has 11 atom stereocenters. The Morgan fingerprint density at radius 3 is 2.37 bits per heavy atom. The maximum atomic E-state index is 12.4. The summed E-state index contributed by atoms with van der Waals surface area (Å²) in [6.45, 7) is 12.8. The smallest absolute Gasteiger partial charge is 0.313 e. The molecule has 0 radical (unpaired) electrons. The van der Waals surface area contributed by atoms with E-state index in [1.165, 1.54) is 51.9 Å². The Morgan fingerprint density at radius 2 is 1.63 bits per heavy atom. The van der Waals surface area contributed by atoms with E-state index in [4.69, 9.17) is 5.73 Å². The molecule has 0 aromatic carbocycles. The number of aliphatic carboxylic acids is 1. The second-order valence-corrected chi connectivity index (χ2v) is 15.1. The molecule has 236 valence electrons. The normalized spacial score (nSPS) is 39.8. The number of carboxylic acids is 1. The highest BCUT2D eigenvalue weighted by Gasteiger charge is 2.62. The van der Waals surface area contributed by atoms with E-state index in [2.05, 4.69) is 31.4 Å². The van der Waals surface area contributed by atoms with Gasteiger partial charge in [0.1, 0.15) is 11.7 Å². The molecule has 0 aromatic rings. The van der Waals surface area contributed by atoms with E-state index >= 15 is 0 Å². The van der Waals surface area contributed by atoms with Gasteiger partial charge in [0.25, 0.3) is 0 Å². The minimum atomic E-state index is -1.02. The van der Waals surface area contributed by atoms with Crippen LogP contribution < -0.4 is 16.4 Å². The fraction of sp³-hybridized carbons (Fsp3) is 0.941. The number of Topliss-reactive ketones (excluding diaryl/α,β-unsaturated/α-hetero) is 1. The highest BCUT2D eigenvalue weighted by atomic mass is 16.4. The topological polar surface area (TPSA) is 125 Å². The third-order valence-electron chi connectivity index (χ3n) is 12.9. The van der Waals surface area contributed by atoms with E-state index in [0.717, 1.165) is 58.3 Å². The second kappa shape index (κ2) is 14.2. The van der Waals surface area contributed by atoms with Crippen molar-refractivity contribution in [3.63, 3.8) is 0 Å². The Morgan fingerprint density at radius 1 is 0.927 bits per heavy atom. The molecule has 41 heavy (non-hydrogen) atoms. The molecule has 6 N–H and O–H groups in total. The summed E-state index contributed by atoms with van der Waals surface area (Å²) < 4.78 is 0. The lowest BCUT2D eigenvalue weighted by Gasteiger charge is -2.62. The predicted octanol–water partition coefficient (Wildman–Crippen LogP) is 5.00. The first-order chi connectivity index (χ1) is 19.5. The van der Waals surface area contributed by atoms with Gasteiger partial charge in [0, 0.05) is 12.5 Å². The van der Waals surface area contributed by atoms with Crippen LogP contribution in [0.25, 0.3) is 0 Å². The van der Waals surface area contributed by atoms with Crippen molar-refractivity contribution in [2.45, 2.75) is 123 Å². The average Bonchev–Trinajstić information content (AvgIpc) is 3.30. The molecule has 4 aliphatic carbocycles. The summed E-state index contributed by atoms with van der Waals surface area (Å²) in [5.74, 6) is 1.05. The van der Waals surface area contributed by atoms with E-state index in [1.807, 2.05) is 0 Å². The number of hydrogen-bond donors (Lipinski definition) is 5. The van der Waals surface area contributed by atoms with Crippen LogP contribution in [0.1, 0.15) is 111 Å². The first kappa shape index (κ1) is 32.9. The van der Waals surface area contributed by atoms with E-state index < -0.39 is 11.9 Å². The molecule has 0 heterocycles. The summed E-state index contributed by atoms with van der Waals surface area (Å²) in [7, 11) is 0. The van der Waals surface area contributed by atoms with Gasteiger partial charge in [-0.25, -0.2) is 0 Å². The number of unbranched alkanes of at least 4 members (excludes halogenated alkanes) is 1. The monoisotopic (exact) mass is 575 g/mol. The van der Waals surface area contributed by atoms with E-state index in [0.29, 0.717) is 53.4 Å². The zero-order valence-corrected chi connectivity index (χ0v) is 26.5.